The molecule has 1 amide bonds. The minimum Gasteiger partial charge on any atom is -0.317 e. The van der Waals surface area contributed by atoms with Crippen LogP contribution in [-0.4, -0.2) is 11.7 Å². The van der Waals surface area contributed by atoms with Crippen molar-refractivity contribution in [3.63, 3.8) is 0 Å². The summed E-state index contributed by atoms with van der Waals surface area (Å²) in [7, 11) is 0. The van der Waals surface area contributed by atoms with Gasteiger partial charge in [0.15, 0.2) is 5.78 Å². The van der Waals surface area contributed by atoms with Crippen LogP contribution in [0.5, 0.6) is 0 Å². The summed E-state index contributed by atoms with van der Waals surface area (Å²) in [5.74, 6) is -0.362. The highest BCUT2D eigenvalue weighted by molar-refractivity contribution is 7.20. The number of halogens is 1. The second kappa shape index (κ2) is 9.26. The molecule has 0 fully saturated rings. The van der Waals surface area contributed by atoms with E-state index in [1.165, 1.54) is 18.3 Å². The van der Waals surface area contributed by atoms with Crippen LogP contribution in [0.25, 0.3) is 32.3 Å². The molecule has 4 aromatic carbocycles. The van der Waals surface area contributed by atoms with Gasteiger partial charge >= 0.3 is 0 Å². The van der Waals surface area contributed by atoms with Crippen molar-refractivity contribution in [2.75, 3.05) is 5.32 Å². The molecule has 0 atom stereocenters. The summed E-state index contributed by atoms with van der Waals surface area (Å²) in [6.07, 6.45) is 0. The average molecular weight is 482 g/mol. The lowest BCUT2D eigenvalue weighted by Crippen LogP contribution is -2.10. The number of benzene rings is 4. The first kappa shape index (κ1) is 22.1. The van der Waals surface area contributed by atoms with E-state index in [9.17, 15) is 9.59 Å². The second-order valence-electron chi connectivity index (χ2n) is 7.92. The summed E-state index contributed by atoms with van der Waals surface area (Å²) >= 11 is 7.58. The summed E-state index contributed by atoms with van der Waals surface area (Å²) in [6.45, 7) is 1.45. The van der Waals surface area contributed by atoms with E-state index in [0.29, 0.717) is 21.2 Å². The van der Waals surface area contributed by atoms with E-state index in [1.807, 2.05) is 97.1 Å². The van der Waals surface area contributed by atoms with Gasteiger partial charge in [-0.1, -0.05) is 96.5 Å². The van der Waals surface area contributed by atoms with Gasteiger partial charge in [-0.15, -0.1) is 11.3 Å². The molecule has 1 aromatic heterocycles. The van der Waals surface area contributed by atoms with Crippen LogP contribution in [-0.2, 0) is 4.79 Å². The van der Waals surface area contributed by atoms with Crippen molar-refractivity contribution in [3.05, 3.63) is 113 Å². The molecule has 0 saturated carbocycles. The molecule has 0 aliphatic rings. The minimum absolute atomic E-state index is 0.135. The van der Waals surface area contributed by atoms with Gasteiger partial charge in [0.25, 0.3) is 0 Å². The zero-order chi connectivity index (χ0) is 23.7. The molecule has 1 heterocycles. The lowest BCUT2D eigenvalue weighted by molar-refractivity contribution is -0.114. The summed E-state index contributed by atoms with van der Waals surface area (Å²) in [6, 6.07) is 30.9. The van der Waals surface area contributed by atoms with Crippen LogP contribution in [0.2, 0.25) is 5.02 Å². The van der Waals surface area contributed by atoms with E-state index in [-0.39, 0.29) is 11.7 Å². The van der Waals surface area contributed by atoms with Crippen molar-refractivity contribution in [1.29, 1.82) is 0 Å². The molecule has 0 spiro atoms. The summed E-state index contributed by atoms with van der Waals surface area (Å²) < 4.78 is 0. The van der Waals surface area contributed by atoms with Crippen molar-refractivity contribution < 1.29 is 9.59 Å². The van der Waals surface area contributed by atoms with Crippen LogP contribution in [0, 0.1) is 0 Å². The highest BCUT2D eigenvalue weighted by Gasteiger charge is 2.28. The van der Waals surface area contributed by atoms with Gasteiger partial charge in [-0.05, 0) is 34.0 Å². The maximum absolute atomic E-state index is 14.2. The van der Waals surface area contributed by atoms with Gasteiger partial charge in [-0.2, -0.15) is 0 Å². The van der Waals surface area contributed by atoms with Crippen LogP contribution >= 0.6 is 22.9 Å². The molecule has 5 rings (SSSR count). The molecule has 1 N–H and O–H groups in total. The maximum atomic E-state index is 14.2. The normalized spacial score (nSPS) is 10.9. The SMILES string of the molecule is CC(=O)Nc1sc(-c2ccccc2)c(-c2ccc(Cl)cc2)c1C(=O)c1cccc2ccccc12. The lowest BCUT2D eigenvalue weighted by Gasteiger charge is -2.11. The first-order valence-electron chi connectivity index (χ1n) is 10.8. The quantitative estimate of drug-likeness (QED) is 0.258. The number of rotatable bonds is 5. The Kier molecular flexibility index (Phi) is 6.01. The molecule has 0 bridgehead atoms. The predicted molar refractivity (Wildman–Crippen MR) is 142 cm³/mol. The van der Waals surface area contributed by atoms with E-state index in [0.717, 1.165) is 32.3 Å². The zero-order valence-corrected chi connectivity index (χ0v) is 19.9. The van der Waals surface area contributed by atoms with E-state index in [4.69, 9.17) is 11.6 Å². The molecule has 0 aliphatic carbocycles. The Morgan fingerprint density at radius 2 is 1.44 bits per heavy atom. The number of fused-ring (bicyclic) bond motifs is 1. The van der Waals surface area contributed by atoms with Gasteiger partial charge in [0.1, 0.15) is 5.00 Å². The Morgan fingerprint density at radius 1 is 0.765 bits per heavy atom. The fourth-order valence-corrected chi connectivity index (χ4v) is 5.54. The van der Waals surface area contributed by atoms with Crippen LogP contribution in [0.4, 0.5) is 5.00 Å². The Bertz CT molecular complexity index is 1520. The summed E-state index contributed by atoms with van der Waals surface area (Å²) in [5, 5.41) is 5.93. The summed E-state index contributed by atoms with van der Waals surface area (Å²) in [5.41, 5.74) is 3.70. The third-order valence-electron chi connectivity index (χ3n) is 5.63. The molecule has 166 valence electrons. The second-order valence-corrected chi connectivity index (χ2v) is 9.38. The van der Waals surface area contributed by atoms with Crippen molar-refractivity contribution in [2.45, 2.75) is 6.92 Å². The minimum atomic E-state index is -0.226. The summed E-state index contributed by atoms with van der Waals surface area (Å²) in [4.78, 5) is 27.3. The Hall–Kier alpha value is -3.73. The highest BCUT2D eigenvalue weighted by Crippen LogP contribution is 2.47. The Morgan fingerprint density at radius 3 is 2.18 bits per heavy atom. The van der Waals surface area contributed by atoms with Gasteiger partial charge in [0.05, 0.1) is 5.56 Å². The highest BCUT2D eigenvalue weighted by atomic mass is 35.5. The molecule has 5 heteroatoms. The van der Waals surface area contributed by atoms with E-state index >= 15 is 0 Å². The third kappa shape index (κ3) is 4.14. The van der Waals surface area contributed by atoms with Crippen molar-refractivity contribution in [1.82, 2.24) is 0 Å². The monoisotopic (exact) mass is 481 g/mol. The van der Waals surface area contributed by atoms with Gasteiger partial charge in [0, 0.05) is 28.0 Å². The fourth-order valence-electron chi connectivity index (χ4n) is 4.14. The number of amides is 1. The molecule has 0 unspecified atom stereocenters. The van der Waals surface area contributed by atoms with E-state index in [2.05, 4.69) is 5.32 Å². The van der Waals surface area contributed by atoms with Crippen LogP contribution in [0.3, 0.4) is 0 Å². The van der Waals surface area contributed by atoms with Crippen LogP contribution < -0.4 is 5.32 Å². The number of carbonyl (C=O) groups is 2. The number of nitrogens with one attached hydrogen (secondary N) is 1. The molecular weight excluding hydrogens is 462 g/mol. The molecule has 0 radical (unpaired) electrons. The lowest BCUT2D eigenvalue weighted by atomic mass is 9.91. The first-order valence-corrected chi connectivity index (χ1v) is 12.0. The van der Waals surface area contributed by atoms with Gasteiger partial charge in [0.2, 0.25) is 5.91 Å². The molecule has 3 nitrogen and oxygen atoms in total. The molecular formula is C29H20ClNO2S. The predicted octanol–water partition coefficient (Wildman–Crippen LogP) is 8.08. The standard InChI is InChI=1S/C29H20ClNO2S/c1-18(32)31-29-26(27(33)24-13-7-11-19-8-5-6-12-23(19)24)25(20-14-16-22(30)17-15-20)28(34-29)21-9-3-2-4-10-21/h2-17H,1H3,(H,31,32). The molecule has 0 aliphatic heterocycles. The topological polar surface area (TPSA) is 46.2 Å². The number of hydrogen-bond donors (Lipinski definition) is 1. The molecule has 5 aromatic rings. The van der Waals surface area contributed by atoms with Gasteiger partial charge in [-0.25, -0.2) is 0 Å². The number of ketones is 1. The van der Waals surface area contributed by atoms with E-state index in [1.54, 1.807) is 0 Å². The van der Waals surface area contributed by atoms with Crippen molar-refractivity contribution in [3.8, 4) is 21.6 Å². The van der Waals surface area contributed by atoms with Crippen molar-refractivity contribution in [2.24, 2.45) is 0 Å². The van der Waals surface area contributed by atoms with Crippen molar-refractivity contribution >= 4 is 50.4 Å². The molecule has 34 heavy (non-hydrogen) atoms. The fraction of sp³-hybridized carbons (Fsp3) is 0.0345. The Labute approximate surface area is 206 Å². The largest absolute Gasteiger partial charge is 0.317 e. The smallest absolute Gasteiger partial charge is 0.221 e. The van der Waals surface area contributed by atoms with Crippen LogP contribution in [0.15, 0.2) is 97.1 Å². The van der Waals surface area contributed by atoms with E-state index < -0.39 is 0 Å². The number of anilines is 1. The maximum Gasteiger partial charge on any atom is 0.221 e. The first-order chi connectivity index (χ1) is 16.5. The zero-order valence-electron chi connectivity index (χ0n) is 18.3. The molecule has 0 saturated heterocycles. The number of carbonyl (C=O) groups excluding carboxylic acids is 2. The third-order valence-corrected chi connectivity index (χ3v) is 7.03. The Balaban J connectivity index is 1.82. The average Bonchev–Trinajstić information content (AvgIpc) is 3.22. The van der Waals surface area contributed by atoms with Gasteiger partial charge < -0.3 is 5.32 Å². The number of thiophene rings is 1. The van der Waals surface area contributed by atoms with Crippen LogP contribution in [0.1, 0.15) is 22.8 Å². The van der Waals surface area contributed by atoms with Gasteiger partial charge in [-0.3, -0.25) is 9.59 Å². The number of hydrogen-bond acceptors (Lipinski definition) is 3.